The Hall–Kier alpha value is -3.27. The maximum atomic E-state index is 14.2. The average Bonchev–Trinajstić information content (AvgIpc) is 2.93. The molecule has 0 aliphatic carbocycles. The number of para-hydroxylation sites is 2. The highest BCUT2D eigenvalue weighted by Gasteiger charge is 2.34. The quantitative estimate of drug-likeness (QED) is 0.250. The molecule has 0 aliphatic rings. The lowest BCUT2D eigenvalue weighted by molar-refractivity contribution is -0.140. The van der Waals surface area contributed by atoms with Gasteiger partial charge in [0.05, 0.1) is 18.6 Å². The van der Waals surface area contributed by atoms with Crippen LogP contribution in [0.25, 0.3) is 0 Å². The van der Waals surface area contributed by atoms with Crippen molar-refractivity contribution in [1.29, 1.82) is 0 Å². The summed E-state index contributed by atoms with van der Waals surface area (Å²) in [6.45, 7) is 5.84. The predicted molar refractivity (Wildman–Crippen MR) is 169 cm³/mol. The maximum absolute atomic E-state index is 14.2. The summed E-state index contributed by atoms with van der Waals surface area (Å²) in [5.74, 6) is -0.442. The Morgan fingerprint density at radius 2 is 1.64 bits per heavy atom. The summed E-state index contributed by atoms with van der Waals surface area (Å²) in [4.78, 5) is 29.3. The van der Waals surface area contributed by atoms with Crippen LogP contribution < -0.4 is 14.4 Å². The summed E-state index contributed by atoms with van der Waals surface area (Å²) in [6.07, 6.45) is 1.23. The topological polar surface area (TPSA) is 96.0 Å². The van der Waals surface area contributed by atoms with Gasteiger partial charge in [0.2, 0.25) is 21.8 Å². The van der Waals surface area contributed by atoms with Crippen LogP contribution in [0.3, 0.4) is 0 Å². The average molecular weight is 635 g/mol. The third-order valence-corrected chi connectivity index (χ3v) is 8.14. The molecule has 0 fully saturated rings. The van der Waals surface area contributed by atoms with Crippen LogP contribution >= 0.6 is 23.2 Å². The van der Waals surface area contributed by atoms with Crippen LogP contribution in [0.2, 0.25) is 10.0 Å². The fraction of sp³-hybridized carbons (Fsp3) is 0.355. The van der Waals surface area contributed by atoms with Gasteiger partial charge in [0.25, 0.3) is 0 Å². The number of anilines is 1. The van der Waals surface area contributed by atoms with E-state index in [4.69, 9.17) is 27.9 Å². The van der Waals surface area contributed by atoms with Crippen LogP contribution in [0.1, 0.15) is 31.9 Å². The summed E-state index contributed by atoms with van der Waals surface area (Å²) < 4.78 is 32.8. The van der Waals surface area contributed by atoms with Crippen molar-refractivity contribution in [2.75, 3.05) is 30.3 Å². The number of hydrogen-bond donors (Lipinski definition) is 1. The Morgan fingerprint density at radius 3 is 2.26 bits per heavy atom. The summed E-state index contributed by atoms with van der Waals surface area (Å²) in [5.41, 5.74) is 1.62. The first kappa shape index (κ1) is 33.2. The number of nitrogens with zero attached hydrogens (tertiary/aromatic N) is 2. The highest BCUT2D eigenvalue weighted by atomic mass is 35.5. The molecule has 226 valence electrons. The second-order valence-electron chi connectivity index (χ2n) is 10.3. The molecule has 0 saturated heterocycles. The first-order valence-electron chi connectivity index (χ1n) is 13.6. The largest absolute Gasteiger partial charge is 0.492 e. The van der Waals surface area contributed by atoms with Gasteiger partial charge >= 0.3 is 0 Å². The molecular weight excluding hydrogens is 597 g/mol. The monoisotopic (exact) mass is 633 g/mol. The molecule has 11 heteroatoms. The summed E-state index contributed by atoms with van der Waals surface area (Å²) >= 11 is 12.6. The molecule has 0 aromatic heterocycles. The van der Waals surface area contributed by atoms with Gasteiger partial charge in [-0.15, -0.1) is 0 Å². The molecule has 3 aromatic carbocycles. The molecule has 0 radical (unpaired) electrons. The number of rotatable bonds is 14. The number of benzene rings is 3. The van der Waals surface area contributed by atoms with Gasteiger partial charge in [0, 0.05) is 29.6 Å². The number of halogens is 2. The molecule has 1 N–H and O–H groups in total. The lowest BCUT2D eigenvalue weighted by atomic mass is 10.0. The van der Waals surface area contributed by atoms with Gasteiger partial charge in [-0.1, -0.05) is 85.6 Å². The SMILES string of the molecule is CCOc1ccccc1N(CC(=O)N(Cc1ccc(Cl)cc1Cl)[C@@H](Cc1ccccc1)C(=O)NCC(C)C)S(C)(=O)=O. The van der Waals surface area contributed by atoms with Crippen molar-refractivity contribution in [3.8, 4) is 5.75 Å². The second-order valence-corrected chi connectivity index (χ2v) is 13.0. The van der Waals surface area contributed by atoms with E-state index in [9.17, 15) is 18.0 Å². The van der Waals surface area contributed by atoms with E-state index in [1.165, 1.54) is 4.90 Å². The molecule has 0 saturated carbocycles. The molecule has 0 aliphatic heterocycles. The van der Waals surface area contributed by atoms with Crippen molar-refractivity contribution in [2.45, 2.75) is 39.8 Å². The Bertz CT molecular complexity index is 1470. The van der Waals surface area contributed by atoms with Crippen molar-refractivity contribution in [3.63, 3.8) is 0 Å². The molecular formula is C31H37Cl2N3O5S. The first-order chi connectivity index (χ1) is 19.9. The third kappa shape index (κ3) is 9.37. The van der Waals surface area contributed by atoms with Crippen molar-refractivity contribution < 1.29 is 22.7 Å². The van der Waals surface area contributed by atoms with Gasteiger partial charge in [-0.25, -0.2) is 8.42 Å². The van der Waals surface area contributed by atoms with E-state index in [-0.39, 0.29) is 30.5 Å². The molecule has 0 bridgehead atoms. The zero-order chi connectivity index (χ0) is 30.9. The summed E-state index contributed by atoms with van der Waals surface area (Å²) in [5, 5.41) is 3.70. The fourth-order valence-corrected chi connectivity index (χ4v) is 5.67. The molecule has 1 atom stereocenters. The van der Waals surface area contributed by atoms with Crippen molar-refractivity contribution in [1.82, 2.24) is 10.2 Å². The molecule has 8 nitrogen and oxygen atoms in total. The van der Waals surface area contributed by atoms with E-state index in [0.717, 1.165) is 16.1 Å². The second kappa shape index (κ2) is 15.3. The van der Waals surface area contributed by atoms with Crippen LogP contribution in [-0.2, 0) is 32.6 Å². The van der Waals surface area contributed by atoms with Gasteiger partial charge in [0.1, 0.15) is 18.3 Å². The van der Waals surface area contributed by atoms with Crippen molar-refractivity contribution in [2.24, 2.45) is 5.92 Å². The Kier molecular flexibility index (Phi) is 12.1. The number of ether oxygens (including phenoxy) is 1. The molecule has 42 heavy (non-hydrogen) atoms. The van der Waals surface area contributed by atoms with Gasteiger partial charge in [-0.05, 0) is 48.2 Å². The first-order valence-corrected chi connectivity index (χ1v) is 16.3. The summed E-state index contributed by atoms with van der Waals surface area (Å²) in [7, 11) is -3.94. The van der Waals surface area contributed by atoms with Gasteiger partial charge in [-0.3, -0.25) is 13.9 Å². The lowest BCUT2D eigenvalue weighted by Crippen LogP contribution is -2.53. The Labute approximate surface area is 258 Å². The predicted octanol–water partition coefficient (Wildman–Crippen LogP) is 5.57. The third-order valence-electron chi connectivity index (χ3n) is 6.42. The smallest absolute Gasteiger partial charge is 0.244 e. The van der Waals surface area contributed by atoms with E-state index in [0.29, 0.717) is 34.5 Å². The van der Waals surface area contributed by atoms with Crippen LogP contribution in [0.5, 0.6) is 5.75 Å². The number of nitrogens with one attached hydrogen (secondary N) is 1. The number of carbonyl (C=O) groups is 2. The Morgan fingerprint density at radius 1 is 0.976 bits per heavy atom. The van der Waals surface area contributed by atoms with Crippen LogP contribution in [0.4, 0.5) is 5.69 Å². The minimum absolute atomic E-state index is 0.0495. The zero-order valence-electron chi connectivity index (χ0n) is 24.2. The van der Waals surface area contributed by atoms with E-state index in [1.54, 1.807) is 49.4 Å². The number of amides is 2. The van der Waals surface area contributed by atoms with Crippen LogP contribution in [0.15, 0.2) is 72.8 Å². The minimum atomic E-state index is -3.94. The normalized spacial score (nSPS) is 12.1. The standard InChI is InChI=1S/C31H37Cl2N3O5S/c1-5-41-29-14-10-9-13-27(29)36(42(4,39)40)21-30(37)35(20-24-15-16-25(32)18-26(24)33)28(31(38)34-19-22(2)3)17-23-11-7-6-8-12-23/h6-16,18,22,28H,5,17,19-21H2,1-4H3,(H,34,38)/t28-/m0/s1. The molecule has 3 aromatic rings. The highest BCUT2D eigenvalue weighted by molar-refractivity contribution is 7.92. The molecule has 0 heterocycles. The van der Waals surface area contributed by atoms with E-state index in [1.807, 2.05) is 44.2 Å². The van der Waals surface area contributed by atoms with Crippen LogP contribution in [0, 0.1) is 5.92 Å². The van der Waals surface area contributed by atoms with Gasteiger partial charge < -0.3 is 15.0 Å². The van der Waals surface area contributed by atoms with Crippen LogP contribution in [-0.4, -0.2) is 57.1 Å². The van der Waals surface area contributed by atoms with Crippen molar-refractivity contribution in [3.05, 3.63) is 94.0 Å². The number of sulfonamides is 1. The molecule has 0 spiro atoms. The molecule has 0 unspecified atom stereocenters. The Balaban J connectivity index is 2.10. The number of carbonyl (C=O) groups excluding carboxylic acids is 2. The van der Waals surface area contributed by atoms with Crippen molar-refractivity contribution >= 4 is 50.7 Å². The zero-order valence-corrected chi connectivity index (χ0v) is 26.5. The molecule has 2 amide bonds. The molecule has 3 rings (SSSR count). The highest BCUT2D eigenvalue weighted by Crippen LogP contribution is 2.31. The minimum Gasteiger partial charge on any atom is -0.492 e. The maximum Gasteiger partial charge on any atom is 0.244 e. The lowest BCUT2D eigenvalue weighted by Gasteiger charge is -2.34. The van der Waals surface area contributed by atoms with E-state index < -0.39 is 28.5 Å². The summed E-state index contributed by atoms with van der Waals surface area (Å²) in [6, 6.07) is 19.9. The van der Waals surface area contributed by atoms with E-state index >= 15 is 0 Å². The van der Waals surface area contributed by atoms with E-state index in [2.05, 4.69) is 5.32 Å². The fourth-order valence-electron chi connectivity index (χ4n) is 4.35. The number of hydrogen-bond acceptors (Lipinski definition) is 5. The van der Waals surface area contributed by atoms with Gasteiger partial charge in [-0.2, -0.15) is 0 Å². The van der Waals surface area contributed by atoms with Gasteiger partial charge in [0.15, 0.2) is 0 Å².